The molecule has 1 amide bonds. The van der Waals surface area contributed by atoms with E-state index < -0.39 is 0 Å². The summed E-state index contributed by atoms with van der Waals surface area (Å²) >= 11 is 12.1. The molecule has 12 heteroatoms. The second-order valence-corrected chi connectivity index (χ2v) is 14.2. The average Bonchev–Trinajstić information content (AvgIpc) is 3.69. The minimum atomic E-state index is -0.130. The van der Waals surface area contributed by atoms with E-state index in [9.17, 15) is 9.59 Å². The van der Waals surface area contributed by atoms with Crippen LogP contribution < -0.4 is 24.2 Å². The van der Waals surface area contributed by atoms with Gasteiger partial charge in [-0.15, -0.1) is 11.3 Å². The fourth-order valence-corrected chi connectivity index (χ4v) is 10.5. The third kappa shape index (κ3) is 4.24. The molecule has 2 aliphatic heterocycles. The highest BCUT2D eigenvalue weighted by molar-refractivity contribution is 8.23. The topological polar surface area (TPSA) is 61.8 Å². The van der Waals surface area contributed by atoms with Crippen molar-refractivity contribution in [3.05, 3.63) is 79.2 Å². The van der Waals surface area contributed by atoms with Crippen LogP contribution in [0.25, 0.3) is 30.9 Å². The lowest BCUT2D eigenvalue weighted by atomic mass is 10.1. The smallest absolute Gasteiger partial charge is 0.337 e. The van der Waals surface area contributed by atoms with Crippen molar-refractivity contribution >= 4 is 111 Å². The number of thioether (sulfide) groups is 2. The third-order valence-electron chi connectivity index (χ3n) is 7.45. The summed E-state index contributed by atoms with van der Waals surface area (Å²) in [6.07, 6.45) is 0. The van der Waals surface area contributed by atoms with Crippen molar-refractivity contribution in [1.82, 2.24) is 9.47 Å². The Balaban J connectivity index is 1.38. The Kier molecular flexibility index (Phi) is 6.98. The number of aromatic nitrogens is 2. The van der Waals surface area contributed by atoms with Crippen LogP contribution in [-0.4, -0.2) is 34.1 Å². The molecule has 3 aromatic carbocycles. The molecule has 0 unspecified atom stereocenters. The van der Waals surface area contributed by atoms with Crippen LogP contribution in [0.1, 0.15) is 13.8 Å². The zero-order valence-electron chi connectivity index (χ0n) is 23.2. The quantitative estimate of drug-likeness (QED) is 0.242. The predicted octanol–water partition coefficient (Wildman–Crippen LogP) is 5.47. The van der Waals surface area contributed by atoms with E-state index in [0.29, 0.717) is 37.4 Å². The van der Waals surface area contributed by atoms with Gasteiger partial charge in [0.05, 0.1) is 17.4 Å². The number of thiazole rings is 2. The maximum absolute atomic E-state index is 13.8. The van der Waals surface area contributed by atoms with Crippen LogP contribution in [-0.2, 0) is 18.4 Å². The molecule has 4 heterocycles. The Morgan fingerprint density at radius 3 is 2.57 bits per heavy atom. The fraction of sp³-hybridized carbons (Fsp3) is 0.200. The van der Waals surface area contributed by atoms with Crippen molar-refractivity contribution in [3.8, 4) is 0 Å². The Morgan fingerprint density at radius 2 is 1.79 bits per heavy atom. The van der Waals surface area contributed by atoms with Crippen LogP contribution in [0, 0.1) is 0 Å². The second kappa shape index (κ2) is 10.6. The molecule has 0 aliphatic carbocycles. The van der Waals surface area contributed by atoms with Crippen LogP contribution >= 0.6 is 57.8 Å². The number of nitrogens with zero attached hydrogens (tertiary/aromatic N) is 5. The minimum Gasteiger partial charge on any atom is -0.337 e. The molecule has 1 fully saturated rings. The monoisotopic (exact) mass is 650 g/mol. The molecule has 0 bridgehead atoms. The number of halogens is 1. The first-order chi connectivity index (χ1) is 20.3. The van der Waals surface area contributed by atoms with E-state index in [1.807, 2.05) is 62.8 Å². The van der Waals surface area contributed by atoms with Crippen LogP contribution in [0.15, 0.2) is 69.3 Å². The number of carbonyl (C=O) groups is 1. The molecule has 2 aromatic heterocycles. The largest absolute Gasteiger partial charge is 0.385 e. The highest BCUT2D eigenvalue weighted by Crippen LogP contribution is 2.49. The average molecular weight is 651 g/mol. The van der Waals surface area contributed by atoms with E-state index in [2.05, 4.69) is 29.2 Å². The lowest BCUT2D eigenvalue weighted by molar-refractivity contribution is -0.627. The number of benzene rings is 3. The first-order valence-electron chi connectivity index (χ1n) is 13.4. The first kappa shape index (κ1) is 27.7. The summed E-state index contributed by atoms with van der Waals surface area (Å²) in [5.74, 6) is -0.130. The van der Waals surface area contributed by atoms with Gasteiger partial charge in [0.15, 0.2) is 0 Å². The minimum absolute atomic E-state index is 0.0777. The highest BCUT2D eigenvalue weighted by atomic mass is 35.5. The number of aliphatic imine (C=N–C) groups is 1. The van der Waals surface area contributed by atoms with Crippen molar-refractivity contribution < 1.29 is 9.36 Å². The fourth-order valence-electron chi connectivity index (χ4n) is 5.27. The number of hydrogen-bond donors (Lipinski definition) is 0. The Morgan fingerprint density at radius 1 is 0.976 bits per heavy atom. The van der Waals surface area contributed by atoms with Gasteiger partial charge in [-0.2, -0.15) is 0 Å². The molecule has 0 saturated carbocycles. The summed E-state index contributed by atoms with van der Waals surface area (Å²) in [6, 6.07) is 18.3. The van der Waals surface area contributed by atoms with Gasteiger partial charge >= 0.3 is 5.13 Å². The lowest BCUT2D eigenvalue weighted by Gasteiger charge is -2.12. The van der Waals surface area contributed by atoms with Gasteiger partial charge in [-0.3, -0.25) is 19.1 Å². The van der Waals surface area contributed by atoms with Gasteiger partial charge in [0, 0.05) is 30.1 Å². The molecule has 5 aromatic rings. The number of rotatable bonds is 3. The molecule has 2 aliphatic rings. The predicted molar refractivity (Wildman–Crippen MR) is 179 cm³/mol. The van der Waals surface area contributed by atoms with Crippen LogP contribution in [0.3, 0.4) is 0 Å². The Labute approximate surface area is 263 Å². The van der Waals surface area contributed by atoms with Gasteiger partial charge in [-0.1, -0.05) is 53.7 Å². The molecular formula is C30H25ClN5O2S4+. The number of amides is 1. The summed E-state index contributed by atoms with van der Waals surface area (Å²) in [4.78, 5) is 38.0. The number of anilines is 1. The van der Waals surface area contributed by atoms with Crippen molar-refractivity contribution in [2.24, 2.45) is 12.0 Å². The molecule has 212 valence electrons. The van der Waals surface area contributed by atoms with Crippen molar-refractivity contribution in [3.63, 3.8) is 0 Å². The zero-order chi connectivity index (χ0) is 29.3. The SMILES string of the molecule is CCN1C(=O)C(=c2sc(=C3Sc4c(ccc5ccccc45)N3C)c(=O)n2CC)SC1=Nc1sc2cc(Cl)ccc2[n+]1C. The normalized spacial score (nSPS) is 18.8. The maximum Gasteiger partial charge on any atom is 0.385 e. The molecule has 0 spiro atoms. The van der Waals surface area contributed by atoms with E-state index in [1.165, 1.54) is 45.2 Å². The molecule has 7 rings (SSSR count). The van der Waals surface area contributed by atoms with E-state index in [4.69, 9.17) is 16.6 Å². The maximum atomic E-state index is 13.8. The summed E-state index contributed by atoms with van der Waals surface area (Å²) in [7, 11) is 3.96. The van der Waals surface area contributed by atoms with E-state index in [0.717, 1.165) is 31.0 Å². The number of carbonyl (C=O) groups excluding carboxylic acids is 1. The van der Waals surface area contributed by atoms with Gasteiger partial charge in [-0.25, -0.2) is 4.57 Å². The molecule has 42 heavy (non-hydrogen) atoms. The number of amidine groups is 1. The molecule has 7 nitrogen and oxygen atoms in total. The highest BCUT2D eigenvalue weighted by Gasteiger charge is 2.39. The lowest BCUT2D eigenvalue weighted by Crippen LogP contribution is -2.34. The van der Waals surface area contributed by atoms with Crippen LogP contribution in [0.2, 0.25) is 5.02 Å². The van der Waals surface area contributed by atoms with Crippen LogP contribution in [0.5, 0.6) is 0 Å². The summed E-state index contributed by atoms with van der Waals surface area (Å²) in [5.41, 5.74) is 2.03. The Hall–Kier alpha value is -3.09. The number of hydrogen-bond acceptors (Lipinski definition) is 8. The zero-order valence-corrected chi connectivity index (χ0v) is 27.2. The standard InChI is InChI=1S/C30H25ClN5O2S4/c1-5-35-25(37)23(27-33(3)20-13-11-16-9-7-8-10-18(16)22(20)40-27)41-28(35)24-26(38)36(6-2)30(42-24)32-29-34(4)19-14-12-17(31)15-21(19)39-29/h7-15H,5-6H2,1-4H3/q+1. The molecule has 0 atom stereocenters. The Bertz CT molecular complexity index is 2180. The van der Waals surface area contributed by atoms with Crippen molar-refractivity contribution in [2.45, 2.75) is 25.3 Å². The van der Waals surface area contributed by atoms with Crippen molar-refractivity contribution in [1.29, 1.82) is 0 Å². The summed E-state index contributed by atoms with van der Waals surface area (Å²) in [6.45, 7) is 4.82. The van der Waals surface area contributed by atoms with Crippen molar-refractivity contribution in [2.75, 3.05) is 18.5 Å². The van der Waals surface area contributed by atoms with Gasteiger partial charge in [0.2, 0.25) is 0 Å². The molecule has 0 radical (unpaired) electrons. The molecule has 1 saturated heterocycles. The van der Waals surface area contributed by atoms with Gasteiger partial charge in [0.25, 0.3) is 16.6 Å². The van der Waals surface area contributed by atoms with Gasteiger partial charge < -0.3 is 4.90 Å². The van der Waals surface area contributed by atoms with E-state index in [1.54, 1.807) is 21.2 Å². The second-order valence-electron chi connectivity index (χ2n) is 9.82. The molecule has 0 N–H and O–H groups in total. The molecular weight excluding hydrogens is 626 g/mol. The van der Waals surface area contributed by atoms with Gasteiger partial charge in [0.1, 0.15) is 24.6 Å². The van der Waals surface area contributed by atoms with E-state index >= 15 is 0 Å². The summed E-state index contributed by atoms with van der Waals surface area (Å²) < 4.78 is 6.07. The van der Waals surface area contributed by atoms with Gasteiger partial charge in [-0.05, 0) is 77.0 Å². The number of aryl methyl sites for hydroxylation is 1. The first-order valence-corrected chi connectivity index (χ1v) is 17.0. The van der Waals surface area contributed by atoms with E-state index in [-0.39, 0.29) is 11.5 Å². The number of fused-ring (bicyclic) bond motifs is 4. The van der Waals surface area contributed by atoms with Crippen LogP contribution in [0.4, 0.5) is 10.8 Å². The third-order valence-corrected chi connectivity index (χ3v) is 12.6. The summed E-state index contributed by atoms with van der Waals surface area (Å²) in [5, 5.41) is 5.27.